The molecule has 6 nitrogen and oxygen atoms in total. The summed E-state index contributed by atoms with van der Waals surface area (Å²) in [6.45, 7) is 4.09. The highest BCUT2D eigenvalue weighted by molar-refractivity contribution is 7.92. The van der Waals surface area contributed by atoms with Crippen LogP contribution in [0, 0.1) is 17.6 Å². The van der Waals surface area contributed by atoms with Crippen molar-refractivity contribution in [3.63, 3.8) is 0 Å². The Bertz CT molecular complexity index is 1010. The Balaban J connectivity index is 2.03. The summed E-state index contributed by atoms with van der Waals surface area (Å²) in [5.41, 5.74) is 0.968. The van der Waals surface area contributed by atoms with Crippen LogP contribution in [0.2, 0.25) is 0 Å². The standard InChI is InChI=1S/C23H30F2N2O4S/c1-16(2)14-22(17-7-10-19(31-3)11-8-17)26-23(28)6-5-13-27(32(4,29)30)18-9-12-20(24)21(25)15-18/h7-12,15-16,22H,5-6,13-14H2,1-4H3,(H,26,28)/t22-/m1/s1. The molecule has 2 aromatic carbocycles. The van der Waals surface area contributed by atoms with Crippen molar-refractivity contribution in [3.8, 4) is 5.75 Å². The van der Waals surface area contributed by atoms with E-state index >= 15 is 0 Å². The summed E-state index contributed by atoms with van der Waals surface area (Å²) < 4.78 is 57.2. The van der Waals surface area contributed by atoms with E-state index in [1.165, 1.54) is 6.07 Å². The van der Waals surface area contributed by atoms with E-state index in [-0.39, 0.29) is 37.0 Å². The van der Waals surface area contributed by atoms with Crippen molar-refractivity contribution >= 4 is 21.6 Å². The number of ether oxygens (including phenoxy) is 1. The predicted molar refractivity (Wildman–Crippen MR) is 121 cm³/mol. The van der Waals surface area contributed by atoms with E-state index in [2.05, 4.69) is 19.2 Å². The number of halogens is 2. The first-order valence-corrected chi connectivity index (χ1v) is 12.2. The van der Waals surface area contributed by atoms with E-state index < -0.39 is 21.7 Å². The summed E-state index contributed by atoms with van der Waals surface area (Å²) in [5.74, 6) is -1.34. The topological polar surface area (TPSA) is 75.7 Å². The van der Waals surface area contributed by atoms with Gasteiger partial charge in [-0.1, -0.05) is 26.0 Å². The van der Waals surface area contributed by atoms with Gasteiger partial charge in [-0.3, -0.25) is 9.10 Å². The molecular formula is C23H30F2N2O4S. The lowest BCUT2D eigenvalue weighted by Gasteiger charge is -2.24. The molecule has 2 aromatic rings. The normalized spacial score (nSPS) is 12.5. The number of nitrogens with zero attached hydrogens (tertiary/aromatic N) is 1. The maximum Gasteiger partial charge on any atom is 0.232 e. The molecule has 0 aromatic heterocycles. The number of methoxy groups -OCH3 is 1. The van der Waals surface area contributed by atoms with Gasteiger partial charge in [0.25, 0.3) is 0 Å². The summed E-state index contributed by atoms with van der Waals surface area (Å²) in [6.07, 6.45) is 2.02. The Hall–Kier alpha value is -2.68. The molecule has 0 heterocycles. The van der Waals surface area contributed by atoms with E-state index in [9.17, 15) is 22.0 Å². The van der Waals surface area contributed by atoms with E-state index in [0.717, 1.165) is 40.4 Å². The molecule has 32 heavy (non-hydrogen) atoms. The van der Waals surface area contributed by atoms with Gasteiger partial charge in [-0.25, -0.2) is 17.2 Å². The summed E-state index contributed by atoms with van der Waals surface area (Å²) in [6, 6.07) is 10.2. The van der Waals surface area contributed by atoms with E-state index in [0.29, 0.717) is 5.92 Å². The second kappa shape index (κ2) is 11.3. The predicted octanol–water partition coefficient (Wildman–Crippen LogP) is 4.42. The fourth-order valence-electron chi connectivity index (χ4n) is 3.36. The summed E-state index contributed by atoms with van der Waals surface area (Å²) >= 11 is 0. The Labute approximate surface area is 188 Å². The zero-order valence-corrected chi connectivity index (χ0v) is 19.6. The molecule has 9 heteroatoms. The number of sulfonamides is 1. The van der Waals surface area contributed by atoms with Gasteiger partial charge in [0.1, 0.15) is 5.75 Å². The third-order valence-electron chi connectivity index (χ3n) is 4.92. The number of hydrogen-bond donors (Lipinski definition) is 1. The van der Waals surface area contributed by atoms with Crippen molar-refractivity contribution in [2.24, 2.45) is 5.92 Å². The van der Waals surface area contributed by atoms with Crippen molar-refractivity contribution < 1.29 is 26.7 Å². The van der Waals surface area contributed by atoms with E-state index in [4.69, 9.17) is 4.74 Å². The van der Waals surface area contributed by atoms with Gasteiger partial charge in [-0.15, -0.1) is 0 Å². The fourth-order valence-corrected chi connectivity index (χ4v) is 4.32. The van der Waals surface area contributed by atoms with Crippen LogP contribution in [0.4, 0.5) is 14.5 Å². The van der Waals surface area contributed by atoms with Crippen LogP contribution < -0.4 is 14.4 Å². The van der Waals surface area contributed by atoms with Gasteiger partial charge in [-0.2, -0.15) is 0 Å². The van der Waals surface area contributed by atoms with Crippen LogP contribution in [0.25, 0.3) is 0 Å². The molecule has 0 spiro atoms. The van der Waals surface area contributed by atoms with Crippen molar-refractivity contribution in [2.45, 2.75) is 39.2 Å². The smallest absolute Gasteiger partial charge is 0.232 e. The molecule has 0 bridgehead atoms. The van der Waals surface area contributed by atoms with Gasteiger partial charge >= 0.3 is 0 Å². The molecule has 0 saturated carbocycles. The molecule has 0 saturated heterocycles. The zero-order valence-electron chi connectivity index (χ0n) is 18.8. The molecule has 1 amide bonds. The summed E-state index contributed by atoms with van der Waals surface area (Å²) in [4.78, 5) is 12.6. The number of amides is 1. The molecule has 0 unspecified atom stereocenters. The molecule has 0 aliphatic rings. The van der Waals surface area contributed by atoms with Gasteiger partial charge in [0.2, 0.25) is 15.9 Å². The number of nitrogens with one attached hydrogen (secondary N) is 1. The van der Waals surface area contributed by atoms with Crippen molar-refractivity contribution in [2.75, 3.05) is 24.2 Å². The van der Waals surface area contributed by atoms with Crippen LogP contribution in [0.15, 0.2) is 42.5 Å². The largest absolute Gasteiger partial charge is 0.497 e. The molecule has 0 radical (unpaired) electrons. The molecule has 2 rings (SSSR count). The number of rotatable bonds is 11. The van der Waals surface area contributed by atoms with Crippen molar-refractivity contribution in [1.29, 1.82) is 0 Å². The number of benzene rings is 2. The Morgan fingerprint density at radius 1 is 1.09 bits per heavy atom. The van der Waals surface area contributed by atoms with Crippen LogP contribution in [-0.4, -0.2) is 34.2 Å². The Morgan fingerprint density at radius 2 is 1.75 bits per heavy atom. The number of hydrogen-bond acceptors (Lipinski definition) is 4. The molecule has 0 fully saturated rings. The van der Waals surface area contributed by atoms with Gasteiger partial charge in [-0.05, 0) is 48.6 Å². The molecule has 0 aliphatic carbocycles. The lowest BCUT2D eigenvalue weighted by atomic mass is 9.96. The average Bonchev–Trinajstić information content (AvgIpc) is 2.72. The first-order valence-electron chi connectivity index (χ1n) is 10.4. The van der Waals surface area contributed by atoms with Crippen molar-refractivity contribution in [3.05, 3.63) is 59.7 Å². The van der Waals surface area contributed by atoms with Gasteiger partial charge in [0, 0.05) is 19.0 Å². The quantitative estimate of drug-likeness (QED) is 0.530. The maximum absolute atomic E-state index is 13.6. The molecule has 0 aliphatic heterocycles. The monoisotopic (exact) mass is 468 g/mol. The van der Waals surface area contributed by atoms with Crippen LogP contribution in [-0.2, 0) is 14.8 Å². The van der Waals surface area contributed by atoms with Crippen LogP contribution >= 0.6 is 0 Å². The van der Waals surface area contributed by atoms with Crippen LogP contribution in [0.5, 0.6) is 5.75 Å². The second-order valence-corrected chi connectivity index (χ2v) is 9.97. The molecule has 1 atom stereocenters. The van der Waals surface area contributed by atoms with Gasteiger partial charge in [0.15, 0.2) is 11.6 Å². The van der Waals surface area contributed by atoms with Crippen LogP contribution in [0.1, 0.15) is 44.7 Å². The average molecular weight is 469 g/mol. The highest BCUT2D eigenvalue weighted by Gasteiger charge is 2.20. The van der Waals surface area contributed by atoms with Gasteiger partial charge < -0.3 is 10.1 Å². The summed E-state index contributed by atoms with van der Waals surface area (Å²) in [7, 11) is -2.15. The number of carbonyl (C=O) groups is 1. The third kappa shape index (κ3) is 7.47. The first-order chi connectivity index (χ1) is 15.0. The number of anilines is 1. The van der Waals surface area contributed by atoms with Crippen LogP contribution in [0.3, 0.4) is 0 Å². The highest BCUT2D eigenvalue weighted by Crippen LogP contribution is 2.24. The Kier molecular flexibility index (Phi) is 9.00. The minimum absolute atomic E-state index is 0.0164. The van der Waals surface area contributed by atoms with Gasteiger partial charge in [0.05, 0.1) is 25.1 Å². The zero-order chi connectivity index (χ0) is 23.9. The minimum Gasteiger partial charge on any atom is -0.497 e. The molecule has 1 N–H and O–H groups in total. The third-order valence-corrected chi connectivity index (χ3v) is 6.11. The second-order valence-electron chi connectivity index (χ2n) is 8.06. The number of carbonyl (C=O) groups excluding carboxylic acids is 1. The van der Waals surface area contributed by atoms with Crippen molar-refractivity contribution in [1.82, 2.24) is 5.32 Å². The lowest BCUT2D eigenvalue weighted by molar-refractivity contribution is -0.122. The molecular weight excluding hydrogens is 438 g/mol. The Morgan fingerprint density at radius 3 is 2.28 bits per heavy atom. The SMILES string of the molecule is COc1ccc([C@@H](CC(C)C)NC(=O)CCCN(c2ccc(F)c(F)c2)S(C)(=O)=O)cc1. The minimum atomic E-state index is -3.73. The highest BCUT2D eigenvalue weighted by atomic mass is 32.2. The lowest BCUT2D eigenvalue weighted by Crippen LogP contribution is -2.33. The maximum atomic E-state index is 13.6. The summed E-state index contributed by atoms with van der Waals surface area (Å²) in [5, 5.41) is 3.01. The fraction of sp³-hybridized carbons (Fsp3) is 0.435. The first kappa shape index (κ1) is 25.6. The molecule has 176 valence electrons. The van der Waals surface area contributed by atoms with E-state index in [1.54, 1.807) is 7.11 Å². The van der Waals surface area contributed by atoms with E-state index in [1.807, 2.05) is 24.3 Å².